The predicted octanol–water partition coefficient (Wildman–Crippen LogP) is 1.63. The highest BCUT2D eigenvalue weighted by molar-refractivity contribution is 9.10. The minimum atomic E-state index is 0.402. The van der Waals surface area contributed by atoms with Crippen LogP contribution in [0.2, 0.25) is 0 Å². The molecule has 7 heteroatoms. The van der Waals surface area contributed by atoms with E-state index in [0.29, 0.717) is 18.5 Å². The Kier molecular flexibility index (Phi) is 6.31. The fourth-order valence-corrected chi connectivity index (χ4v) is 2.02. The largest absolute Gasteiger partial charge is 0.383 e. The Balaban J connectivity index is 2.94. The van der Waals surface area contributed by atoms with Crippen LogP contribution in [0.3, 0.4) is 0 Å². The van der Waals surface area contributed by atoms with Crippen LogP contribution in [0.25, 0.3) is 0 Å². The van der Waals surface area contributed by atoms with Crippen molar-refractivity contribution in [3.05, 3.63) is 10.7 Å². The normalized spacial score (nSPS) is 10.8. The first-order chi connectivity index (χ1) is 8.58. The Morgan fingerprint density at radius 2 is 2.28 bits per heavy atom. The van der Waals surface area contributed by atoms with Crippen LogP contribution in [0.5, 0.6) is 0 Å². The summed E-state index contributed by atoms with van der Waals surface area (Å²) in [6, 6.07) is 0. The average molecular weight is 318 g/mol. The number of rotatable bonds is 7. The first-order valence-electron chi connectivity index (χ1n) is 5.81. The molecule has 18 heavy (non-hydrogen) atoms. The average Bonchev–Trinajstić information content (AvgIpc) is 2.35. The molecule has 0 saturated heterocycles. The molecule has 0 aliphatic heterocycles. The van der Waals surface area contributed by atoms with Gasteiger partial charge in [0.1, 0.15) is 5.82 Å². The number of ether oxygens (including phenoxy) is 1. The van der Waals surface area contributed by atoms with Crippen molar-refractivity contribution in [2.45, 2.75) is 13.8 Å². The first kappa shape index (κ1) is 15.1. The molecule has 1 aromatic rings. The van der Waals surface area contributed by atoms with Crippen LogP contribution in [-0.4, -0.2) is 36.8 Å². The molecule has 102 valence electrons. The number of methoxy groups -OCH3 is 1. The van der Waals surface area contributed by atoms with E-state index >= 15 is 0 Å². The van der Waals surface area contributed by atoms with Gasteiger partial charge in [-0.2, -0.15) is 4.98 Å². The fraction of sp³-hybridized carbons (Fsp3) is 0.636. The lowest BCUT2D eigenvalue weighted by Gasteiger charge is -2.26. The van der Waals surface area contributed by atoms with Gasteiger partial charge in [0.05, 0.1) is 11.1 Å². The quantitative estimate of drug-likeness (QED) is 0.588. The molecule has 0 amide bonds. The number of halogens is 1. The van der Waals surface area contributed by atoms with Crippen molar-refractivity contribution in [3.63, 3.8) is 0 Å². The van der Waals surface area contributed by atoms with E-state index in [4.69, 9.17) is 10.6 Å². The van der Waals surface area contributed by atoms with Crippen molar-refractivity contribution in [2.24, 2.45) is 11.8 Å². The summed E-state index contributed by atoms with van der Waals surface area (Å²) < 4.78 is 5.98. The molecule has 0 aliphatic rings. The second-order valence-corrected chi connectivity index (χ2v) is 5.20. The van der Waals surface area contributed by atoms with Gasteiger partial charge in [-0.15, -0.1) is 0 Å². The number of hydrogen-bond acceptors (Lipinski definition) is 6. The molecule has 0 radical (unpaired) electrons. The molecular weight excluding hydrogens is 298 g/mol. The van der Waals surface area contributed by atoms with Gasteiger partial charge >= 0.3 is 0 Å². The van der Waals surface area contributed by atoms with Crippen LogP contribution < -0.4 is 16.2 Å². The number of nitrogen functional groups attached to an aromatic ring is 1. The van der Waals surface area contributed by atoms with Gasteiger partial charge in [-0.25, -0.2) is 10.8 Å². The zero-order valence-electron chi connectivity index (χ0n) is 11.0. The topological polar surface area (TPSA) is 76.3 Å². The van der Waals surface area contributed by atoms with Crippen molar-refractivity contribution in [3.8, 4) is 0 Å². The highest BCUT2D eigenvalue weighted by Crippen LogP contribution is 2.24. The molecule has 0 fully saturated rings. The summed E-state index contributed by atoms with van der Waals surface area (Å²) in [6.07, 6.45) is 1.69. The molecule has 3 N–H and O–H groups in total. The van der Waals surface area contributed by atoms with Crippen LogP contribution in [0, 0.1) is 5.92 Å². The summed E-state index contributed by atoms with van der Waals surface area (Å²) in [7, 11) is 1.69. The van der Waals surface area contributed by atoms with Crippen molar-refractivity contribution in [1.29, 1.82) is 0 Å². The third-order valence-electron chi connectivity index (χ3n) is 2.31. The van der Waals surface area contributed by atoms with E-state index in [2.05, 4.69) is 50.1 Å². The molecule has 1 aromatic heterocycles. The second-order valence-electron chi connectivity index (χ2n) is 4.34. The number of anilines is 2. The summed E-state index contributed by atoms with van der Waals surface area (Å²) in [5, 5.41) is 0. The van der Waals surface area contributed by atoms with Crippen LogP contribution in [-0.2, 0) is 4.74 Å². The van der Waals surface area contributed by atoms with Crippen LogP contribution >= 0.6 is 15.9 Å². The summed E-state index contributed by atoms with van der Waals surface area (Å²) >= 11 is 3.47. The molecular formula is C11H20BrN5O. The Morgan fingerprint density at radius 3 is 2.83 bits per heavy atom. The van der Waals surface area contributed by atoms with Crippen molar-refractivity contribution >= 4 is 27.7 Å². The van der Waals surface area contributed by atoms with E-state index in [9.17, 15) is 0 Å². The smallest absolute Gasteiger partial charge is 0.239 e. The maximum atomic E-state index is 5.34. The zero-order chi connectivity index (χ0) is 13.5. The maximum absolute atomic E-state index is 5.34. The number of nitrogens with zero attached hydrogens (tertiary/aromatic N) is 3. The van der Waals surface area contributed by atoms with E-state index in [0.717, 1.165) is 23.4 Å². The number of hydrazine groups is 1. The SMILES string of the molecule is COCCN(CC(C)C)c1nc(NN)ncc1Br. The fourth-order valence-electron chi connectivity index (χ4n) is 1.58. The Bertz CT molecular complexity index is 374. The number of aromatic nitrogens is 2. The van der Waals surface area contributed by atoms with Gasteiger partial charge in [-0.05, 0) is 21.8 Å². The summed E-state index contributed by atoms with van der Waals surface area (Å²) in [4.78, 5) is 10.6. The molecule has 0 atom stereocenters. The minimum absolute atomic E-state index is 0.402. The minimum Gasteiger partial charge on any atom is -0.383 e. The number of nitrogens with two attached hydrogens (primary N) is 1. The summed E-state index contributed by atoms with van der Waals surface area (Å²) in [5.41, 5.74) is 2.46. The lowest BCUT2D eigenvalue weighted by Crippen LogP contribution is -2.32. The van der Waals surface area contributed by atoms with Gasteiger partial charge < -0.3 is 9.64 Å². The van der Waals surface area contributed by atoms with E-state index in [1.165, 1.54) is 0 Å². The molecule has 1 heterocycles. The highest BCUT2D eigenvalue weighted by atomic mass is 79.9. The second kappa shape index (κ2) is 7.50. The van der Waals surface area contributed by atoms with Crippen molar-refractivity contribution < 1.29 is 4.74 Å². The van der Waals surface area contributed by atoms with E-state index in [1.54, 1.807) is 13.3 Å². The number of nitrogens with one attached hydrogen (secondary N) is 1. The highest BCUT2D eigenvalue weighted by Gasteiger charge is 2.14. The molecule has 1 rings (SSSR count). The van der Waals surface area contributed by atoms with Crippen LogP contribution in [0.1, 0.15) is 13.8 Å². The third-order valence-corrected chi connectivity index (χ3v) is 2.86. The number of hydrogen-bond donors (Lipinski definition) is 2. The lowest BCUT2D eigenvalue weighted by atomic mass is 10.2. The molecule has 0 spiro atoms. The Labute approximate surface area is 116 Å². The molecule has 0 saturated carbocycles. The van der Waals surface area contributed by atoms with E-state index in [1.807, 2.05) is 0 Å². The van der Waals surface area contributed by atoms with Gasteiger partial charge in [0.2, 0.25) is 5.95 Å². The Hall–Kier alpha value is -0.920. The molecule has 0 aliphatic carbocycles. The van der Waals surface area contributed by atoms with E-state index < -0.39 is 0 Å². The molecule has 0 unspecified atom stereocenters. The van der Waals surface area contributed by atoms with Gasteiger partial charge in [0, 0.05) is 26.4 Å². The summed E-state index contributed by atoms with van der Waals surface area (Å²) in [5.74, 6) is 7.09. The van der Waals surface area contributed by atoms with Gasteiger partial charge in [-0.1, -0.05) is 13.8 Å². The summed E-state index contributed by atoms with van der Waals surface area (Å²) in [6.45, 7) is 6.64. The monoisotopic (exact) mass is 317 g/mol. The first-order valence-corrected chi connectivity index (χ1v) is 6.60. The molecule has 0 bridgehead atoms. The van der Waals surface area contributed by atoms with Crippen LogP contribution in [0.4, 0.5) is 11.8 Å². The van der Waals surface area contributed by atoms with Gasteiger partial charge in [-0.3, -0.25) is 5.43 Å². The molecule has 0 aromatic carbocycles. The standard InChI is InChI=1S/C11H20BrN5O/c1-8(2)7-17(4-5-18-3)10-9(12)6-14-11(15-10)16-13/h6,8H,4-5,7,13H2,1-3H3,(H,14,15,16). The third kappa shape index (κ3) is 4.40. The predicted molar refractivity (Wildman–Crippen MR) is 76.5 cm³/mol. The van der Waals surface area contributed by atoms with Crippen LogP contribution in [0.15, 0.2) is 10.7 Å². The van der Waals surface area contributed by atoms with Gasteiger partial charge in [0.25, 0.3) is 0 Å². The van der Waals surface area contributed by atoms with Crippen molar-refractivity contribution in [1.82, 2.24) is 9.97 Å². The van der Waals surface area contributed by atoms with Crippen molar-refractivity contribution in [2.75, 3.05) is 37.1 Å². The maximum Gasteiger partial charge on any atom is 0.239 e. The van der Waals surface area contributed by atoms with Gasteiger partial charge in [0.15, 0.2) is 0 Å². The lowest BCUT2D eigenvalue weighted by molar-refractivity contribution is 0.204. The van der Waals surface area contributed by atoms with E-state index in [-0.39, 0.29) is 0 Å². The zero-order valence-corrected chi connectivity index (χ0v) is 12.6. The Morgan fingerprint density at radius 1 is 1.56 bits per heavy atom. The molecule has 6 nitrogen and oxygen atoms in total.